The van der Waals surface area contributed by atoms with E-state index < -0.39 is 0 Å². The lowest BCUT2D eigenvalue weighted by atomic mass is 10.1. The molecule has 0 fully saturated rings. The minimum atomic E-state index is -0.0966. The Morgan fingerprint density at radius 3 is 2.46 bits per heavy atom. The third-order valence-corrected chi connectivity index (χ3v) is 4.35. The van der Waals surface area contributed by atoms with Crippen LogP contribution in [-0.2, 0) is 20.5 Å². The first-order valence-electron chi connectivity index (χ1n) is 7.79. The second-order valence-corrected chi connectivity index (χ2v) is 5.94. The number of amides is 1. The minimum absolute atomic E-state index is 0.0535. The zero-order valence-corrected chi connectivity index (χ0v) is 14.1. The summed E-state index contributed by atoms with van der Waals surface area (Å²) >= 11 is 0. The van der Waals surface area contributed by atoms with Gasteiger partial charge in [0.05, 0.1) is 11.0 Å². The zero-order chi connectivity index (χ0) is 17.3. The minimum Gasteiger partial charge on any atom is -0.341 e. The lowest BCUT2D eigenvalue weighted by Gasteiger charge is -2.17. The Hall–Kier alpha value is -2.89. The molecule has 1 aromatic carbocycles. The standard InChI is InChI=1S/C18H20N4O2/c1-20(11-8-13-6-9-19-10-7-13)17(23)14-4-5-15-16(12-14)22(3)18(24)21(15)2/h4-7,9-10,12H,8,11H2,1-3H3. The van der Waals surface area contributed by atoms with Crippen LogP contribution < -0.4 is 5.69 Å². The summed E-state index contributed by atoms with van der Waals surface area (Å²) in [5.74, 6) is -0.0535. The van der Waals surface area contributed by atoms with Gasteiger partial charge in [0.2, 0.25) is 0 Å². The summed E-state index contributed by atoms with van der Waals surface area (Å²) in [4.78, 5) is 30.3. The Labute approximate surface area is 140 Å². The number of carbonyl (C=O) groups excluding carboxylic acids is 1. The molecule has 1 amide bonds. The van der Waals surface area contributed by atoms with Gasteiger partial charge in [0, 0.05) is 45.6 Å². The Kier molecular flexibility index (Phi) is 4.20. The van der Waals surface area contributed by atoms with Crippen molar-refractivity contribution in [1.29, 1.82) is 0 Å². The van der Waals surface area contributed by atoms with Crippen LogP contribution in [0.2, 0.25) is 0 Å². The molecular formula is C18H20N4O2. The van der Waals surface area contributed by atoms with E-state index in [0.29, 0.717) is 12.1 Å². The number of fused-ring (bicyclic) bond motifs is 1. The summed E-state index contributed by atoms with van der Waals surface area (Å²) in [6.07, 6.45) is 4.28. The topological polar surface area (TPSA) is 60.1 Å². The molecule has 0 unspecified atom stereocenters. The fourth-order valence-corrected chi connectivity index (χ4v) is 2.81. The molecule has 0 aliphatic carbocycles. The molecule has 0 saturated heterocycles. The molecule has 2 aromatic heterocycles. The molecule has 0 spiro atoms. The van der Waals surface area contributed by atoms with Gasteiger partial charge in [-0.15, -0.1) is 0 Å². The van der Waals surface area contributed by atoms with Crippen LogP contribution in [0.1, 0.15) is 15.9 Å². The predicted octanol–water partition coefficient (Wildman–Crippen LogP) is 1.59. The summed E-state index contributed by atoms with van der Waals surface area (Å²) in [5, 5.41) is 0. The van der Waals surface area contributed by atoms with Crippen molar-refractivity contribution >= 4 is 16.9 Å². The maximum Gasteiger partial charge on any atom is 0.328 e. The van der Waals surface area contributed by atoms with Crippen LogP contribution >= 0.6 is 0 Å². The van der Waals surface area contributed by atoms with Crippen molar-refractivity contribution in [3.63, 3.8) is 0 Å². The van der Waals surface area contributed by atoms with E-state index in [1.807, 2.05) is 18.2 Å². The maximum absolute atomic E-state index is 12.6. The molecule has 0 radical (unpaired) electrons. The van der Waals surface area contributed by atoms with Crippen LogP contribution in [0.25, 0.3) is 11.0 Å². The molecule has 124 valence electrons. The molecule has 3 rings (SSSR count). The van der Waals surface area contributed by atoms with Crippen molar-refractivity contribution < 1.29 is 4.79 Å². The summed E-state index contributed by atoms with van der Waals surface area (Å²) in [5.41, 5.74) is 3.21. The molecule has 0 atom stereocenters. The highest BCUT2D eigenvalue weighted by Crippen LogP contribution is 2.15. The van der Waals surface area contributed by atoms with E-state index in [4.69, 9.17) is 0 Å². The summed E-state index contributed by atoms with van der Waals surface area (Å²) in [7, 11) is 5.23. The van der Waals surface area contributed by atoms with E-state index in [2.05, 4.69) is 4.98 Å². The number of rotatable bonds is 4. The van der Waals surface area contributed by atoms with Crippen LogP contribution in [0.4, 0.5) is 0 Å². The molecule has 0 saturated carbocycles. The highest BCUT2D eigenvalue weighted by Gasteiger charge is 2.15. The molecule has 6 heteroatoms. The first-order chi connectivity index (χ1) is 11.5. The molecule has 24 heavy (non-hydrogen) atoms. The Morgan fingerprint density at radius 1 is 1.08 bits per heavy atom. The largest absolute Gasteiger partial charge is 0.341 e. The Bertz CT molecular complexity index is 941. The van der Waals surface area contributed by atoms with E-state index in [9.17, 15) is 9.59 Å². The van der Waals surface area contributed by atoms with Gasteiger partial charge in [-0.2, -0.15) is 0 Å². The van der Waals surface area contributed by atoms with Crippen LogP contribution in [0, 0.1) is 0 Å². The second-order valence-electron chi connectivity index (χ2n) is 5.94. The number of likely N-dealkylation sites (N-methyl/N-ethyl adjacent to an activating group) is 1. The number of nitrogens with zero attached hydrogens (tertiary/aromatic N) is 4. The molecule has 0 aliphatic rings. The van der Waals surface area contributed by atoms with Crippen molar-refractivity contribution in [2.45, 2.75) is 6.42 Å². The fraction of sp³-hybridized carbons (Fsp3) is 0.278. The number of hydrogen-bond acceptors (Lipinski definition) is 3. The van der Waals surface area contributed by atoms with Gasteiger partial charge >= 0.3 is 5.69 Å². The van der Waals surface area contributed by atoms with Gasteiger partial charge in [-0.1, -0.05) is 0 Å². The van der Waals surface area contributed by atoms with Crippen LogP contribution in [0.5, 0.6) is 0 Å². The van der Waals surface area contributed by atoms with E-state index in [1.165, 1.54) is 0 Å². The normalized spacial score (nSPS) is 11.0. The third-order valence-electron chi connectivity index (χ3n) is 4.35. The molecule has 0 N–H and O–H groups in total. The van der Waals surface area contributed by atoms with Crippen molar-refractivity contribution in [3.8, 4) is 0 Å². The lowest BCUT2D eigenvalue weighted by Crippen LogP contribution is -2.28. The van der Waals surface area contributed by atoms with Crippen molar-refractivity contribution in [2.24, 2.45) is 14.1 Å². The first-order valence-corrected chi connectivity index (χ1v) is 7.79. The van der Waals surface area contributed by atoms with E-state index >= 15 is 0 Å². The molecule has 6 nitrogen and oxygen atoms in total. The van der Waals surface area contributed by atoms with Crippen LogP contribution in [-0.4, -0.2) is 38.5 Å². The molecule has 0 aliphatic heterocycles. The molecular weight excluding hydrogens is 304 g/mol. The maximum atomic E-state index is 12.6. The molecule has 3 aromatic rings. The average molecular weight is 324 g/mol. The SMILES string of the molecule is CN(CCc1ccncc1)C(=O)c1ccc2c(c1)n(C)c(=O)n2C. The quantitative estimate of drug-likeness (QED) is 0.732. The Morgan fingerprint density at radius 2 is 1.75 bits per heavy atom. The predicted molar refractivity (Wildman–Crippen MR) is 93.1 cm³/mol. The number of benzene rings is 1. The van der Waals surface area contributed by atoms with Gasteiger partial charge in [-0.25, -0.2) is 4.79 Å². The third kappa shape index (κ3) is 2.82. The van der Waals surface area contributed by atoms with Crippen molar-refractivity contribution in [1.82, 2.24) is 19.0 Å². The average Bonchev–Trinajstić information content (AvgIpc) is 2.84. The van der Waals surface area contributed by atoms with Gasteiger partial charge in [0.15, 0.2) is 0 Å². The number of aromatic nitrogens is 3. The van der Waals surface area contributed by atoms with Crippen LogP contribution in [0.15, 0.2) is 47.5 Å². The molecule has 0 bridgehead atoms. The van der Waals surface area contributed by atoms with E-state index in [1.54, 1.807) is 59.7 Å². The van der Waals surface area contributed by atoms with Gasteiger partial charge in [-0.05, 0) is 42.3 Å². The smallest absolute Gasteiger partial charge is 0.328 e. The summed E-state index contributed by atoms with van der Waals surface area (Å²) < 4.78 is 3.14. The van der Waals surface area contributed by atoms with Gasteiger partial charge in [0.1, 0.15) is 0 Å². The Balaban J connectivity index is 1.80. The second kappa shape index (κ2) is 6.31. The highest BCUT2D eigenvalue weighted by molar-refractivity contribution is 5.97. The van der Waals surface area contributed by atoms with Gasteiger partial charge < -0.3 is 4.90 Å². The summed E-state index contributed by atoms with van der Waals surface area (Å²) in [6, 6.07) is 9.27. The number of carbonyl (C=O) groups is 1. The van der Waals surface area contributed by atoms with Gasteiger partial charge in [-0.3, -0.25) is 18.9 Å². The highest BCUT2D eigenvalue weighted by atomic mass is 16.2. The number of pyridine rings is 1. The van der Waals surface area contributed by atoms with Crippen molar-refractivity contribution in [3.05, 3.63) is 64.3 Å². The summed E-state index contributed by atoms with van der Waals surface area (Å²) in [6.45, 7) is 0.620. The number of aryl methyl sites for hydroxylation is 2. The van der Waals surface area contributed by atoms with E-state index in [-0.39, 0.29) is 11.6 Å². The fourth-order valence-electron chi connectivity index (χ4n) is 2.81. The lowest BCUT2D eigenvalue weighted by molar-refractivity contribution is 0.0797. The van der Waals surface area contributed by atoms with Crippen molar-refractivity contribution in [2.75, 3.05) is 13.6 Å². The van der Waals surface area contributed by atoms with E-state index in [0.717, 1.165) is 23.0 Å². The molecule has 2 heterocycles. The zero-order valence-electron chi connectivity index (χ0n) is 14.1. The number of hydrogen-bond donors (Lipinski definition) is 0. The monoisotopic (exact) mass is 324 g/mol. The number of imidazole rings is 1. The first kappa shape index (κ1) is 16.0. The van der Waals surface area contributed by atoms with Crippen LogP contribution in [0.3, 0.4) is 0 Å². The van der Waals surface area contributed by atoms with Gasteiger partial charge in [0.25, 0.3) is 5.91 Å².